The zero-order chi connectivity index (χ0) is 5.98. The topological polar surface area (TPSA) is 52.0 Å². The zero-order valence-electron chi connectivity index (χ0n) is 4.77. The van der Waals surface area contributed by atoms with Crippen LogP contribution in [0, 0.1) is 0 Å². The third kappa shape index (κ3) is 2.40. The molecule has 0 heterocycles. The minimum atomic E-state index is 0. The molecule has 0 spiro atoms. The second-order valence-electron chi connectivity index (χ2n) is 1.67. The molecule has 0 aliphatic carbocycles. The predicted molar refractivity (Wildman–Crippen MR) is 35.3 cm³/mol. The van der Waals surface area contributed by atoms with Crippen molar-refractivity contribution in [3.05, 3.63) is 24.3 Å². The number of hydrogen-bond donors (Lipinski definition) is 2. The van der Waals surface area contributed by atoms with E-state index in [-0.39, 0.29) is 17.1 Å². The van der Waals surface area contributed by atoms with Crippen molar-refractivity contribution in [3.63, 3.8) is 0 Å². The molecule has 0 bridgehead atoms. The first kappa shape index (κ1) is 8.34. The first-order valence-electron chi connectivity index (χ1n) is 2.40. The van der Waals surface area contributed by atoms with Crippen molar-refractivity contribution in [3.8, 4) is 0 Å². The molecule has 1 rings (SSSR count). The molecule has 1 aromatic carbocycles. The van der Waals surface area contributed by atoms with Crippen molar-refractivity contribution >= 4 is 11.4 Å². The average Bonchev–Trinajstić information content (AvgIpc) is 1.64. The summed E-state index contributed by atoms with van der Waals surface area (Å²) in [5.74, 6) is 0. The van der Waals surface area contributed by atoms with Crippen LogP contribution in [0.5, 0.6) is 0 Å². The van der Waals surface area contributed by atoms with E-state index in [1.165, 1.54) is 0 Å². The van der Waals surface area contributed by atoms with Crippen LogP contribution in [0.25, 0.3) is 0 Å². The summed E-state index contributed by atoms with van der Waals surface area (Å²) in [6, 6.07) is 7.15. The number of hydrogen-bond acceptors (Lipinski definition) is 2. The molecule has 53 valence electrons. The van der Waals surface area contributed by atoms with Crippen LogP contribution in [-0.4, -0.2) is 0 Å². The van der Waals surface area contributed by atoms with Crippen LogP contribution in [0.15, 0.2) is 24.3 Å². The Bertz CT molecular complexity index is 171. The van der Waals surface area contributed by atoms with Gasteiger partial charge in [0.15, 0.2) is 0 Å². The Hall–Kier alpha value is -0.661. The normalized spacial score (nSPS) is 8.00. The number of nitrogen functional groups attached to an aromatic ring is 2. The molecule has 0 atom stereocenters. The first-order valence-corrected chi connectivity index (χ1v) is 2.40. The smallest absolute Gasteiger partial charge is 0.0334 e. The maximum absolute atomic E-state index is 5.38. The Balaban J connectivity index is 0.000000640. The van der Waals surface area contributed by atoms with Gasteiger partial charge in [-0.05, 0) is 18.2 Å². The van der Waals surface area contributed by atoms with Crippen LogP contribution in [0.2, 0.25) is 0 Å². The minimum Gasteiger partial charge on any atom is -0.399 e. The van der Waals surface area contributed by atoms with Crippen molar-refractivity contribution in [1.29, 1.82) is 0 Å². The van der Waals surface area contributed by atoms with Gasteiger partial charge in [0.25, 0.3) is 0 Å². The standard InChI is InChI=1S/C6H8N2.Cu/c7-5-2-1-3-6(8)4-5;/h1-4H,7-8H2;. The molecule has 3 heteroatoms. The summed E-state index contributed by atoms with van der Waals surface area (Å²) in [6.45, 7) is 0. The molecule has 0 unspecified atom stereocenters. The zero-order valence-corrected chi connectivity index (χ0v) is 5.71. The fourth-order valence-electron chi connectivity index (χ4n) is 0.559. The molecular formula is C6H8CuN2. The summed E-state index contributed by atoms with van der Waals surface area (Å²) < 4.78 is 0. The molecule has 0 amide bonds. The molecule has 0 aromatic heterocycles. The van der Waals surface area contributed by atoms with Crippen molar-refractivity contribution in [1.82, 2.24) is 0 Å². The summed E-state index contributed by atoms with van der Waals surface area (Å²) in [4.78, 5) is 0. The largest absolute Gasteiger partial charge is 0.399 e. The van der Waals surface area contributed by atoms with E-state index < -0.39 is 0 Å². The van der Waals surface area contributed by atoms with Crippen LogP contribution in [0.4, 0.5) is 11.4 Å². The van der Waals surface area contributed by atoms with Crippen LogP contribution >= 0.6 is 0 Å². The molecule has 4 N–H and O–H groups in total. The number of rotatable bonds is 0. The maximum Gasteiger partial charge on any atom is 0.0334 e. The van der Waals surface area contributed by atoms with Gasteiger partial charge in [0, 0.05) is 28.4 Å². The van der Waals surface area contributed by atoms with E-state index in [2.05, 4.69) is 0 Å². The summed E-state index contributed by atoms with van der Waals surface area (Å²) in [6.07, 6.45) is 0. The molecule has 0 aliphatic heterocycles. The van der Waals surface area contributed by atoms with Crippen LogP contribution < -0.4 is 11.5 Å². The van der Waals surface area contributed by atoms with E-state index in [4.69, 9.17) is 11.5 Å². The Morgan fingerprint density at radius 3 is 1.67 bits per heavy atom. The van der Waals surface area contributed by atoms with E-state index in [0.717, 1.165) is 0 Å². The van der Waals surface area contributed by atoms with Gasteiger partial charge in [-0.2, -0.15) is 0 Å². The van der Waals surface area contributed by atoms with Gasteiger partial charge in [0.05, 0.1) is 0 Å². The van der Waals surface area contributed by atoms with E-state index in [9.17, 15) is 0 Å². The van der Waals surface area contributed by atoms with Crippen molar-refractivity contribution in [2.45, 2.75) is 0 Å². The van der Waals surface area contributed by atoms with Gasteiger partial charge in [0.2, 0.25) is 0 Å². The van der Waals surface area contributed by atoms with Crippen LogP contribution in [0.3, 0.4) is 0 Å². The van der Waals surface area contributed by atoms with Crippen molar-refractivity contribution < 1.29 is 17.1 Å². The monoisotopic (exact) mass is 171 g/mol. The third-order valence-electron chi connectivity index (χ3n) is 0.911. The van der Waals surface area contributed by atoms with Gasteiger partial charge < -0.3 is 11.5 Å². The fourth-order valence-corrected chi connectivity index (χ4v) is 0.559. The first-order chi connectivity index (χ1) is 3.79. The molecule has 0 saturated heterocycles. The SMILES string of the molecule is Nc1cccc(N)c1.[Cu]. The minimum absolute atomic E-state index is 0. The second kappa shape index (κ2) is 3.38. The summed E-state index contributed by atoms with van der Waals surface area (Å²) in [7, 11) is 0. The Morgan fingerprint density at radius 2 is 1.44 bits per heavy atom. The van der Waals surface area contributed by atoms with Gasteiger partial charge in [-0.15, -0.1) is 0 Å². The maximum atomic E-state index is 5.38. The number of benzene rings is 1. The number of anilines is 2. The predicted octanol–water partition coefficient (Wildman–Crippen LogP) is 0.849. The fraction of sp³-hybridized carbons (Fsp3) is 0. The van der Waals surface area contributed by atoms with E-state index in [1.807, 2.05) is 6.07 Å². The van der Waals surface area contributed by atoms with Crippen molar-refractivity contribution in [2.24, 2.45) is 0 Å². The van der Waals surface area contributed by atoms with E-state index in [0.29, 0.717) is 11.4 Å². The quantitative estimate of drug-likeness (QED) is 0.449. The molecule has 2 nitrogen and oxygen atoms in total. The Kier molecular flexibility index (Phi) is 3.13. The molecule has 1 radical (unpaired) electrons. The molecule has 0 saturated carbocycles. The van der Waals surface area contributed by atoms with E-state index >= 15 is 0 Å². The molecule has 0 fully saturated rings. The summed E-state index contributed by atoms with van der Waals surface area (Å²) >= 11 is 0. The van der Waals surface area contributed by atoms with Gasteiger partial charge in [-0.25, -0.2) is 0 Å². The van der Waals surface area contributed by atoms with Crippen LogP contribution in [-0.2, 0) is 17.1 Å². The van der Waals surface area contributed by atoms with E-state index in [1.54, 1.807) is 18.2 Å². The summed E-state index contributed by atoms with van der Waals surface area (Å²) in [5.41, 5.74) is 12.2. The molecule has 1 aromatic rings. The van der Waals surface area contributed by atoms with Crippen molar-refractivity contribution in [2.75, 3.05) is 11.5 Å². The van der Waals surface area contributed by atoms with Gasteiger partial charge >= 0.3 is 0 Å². The summed E-state index contributed by atoms with van der Waals surface area (Å²) in [5, 5.41) is 0. The second-order valence-corrected chi connectivity index (χ2v) is 1.67. The number of nitrogens with two attached hydrogens (primary N) is 2. The van der Waals surface area contributed by atoms with Gasteiger partial charge in [0.1, 0.15) is 0 Å². The average molecular weight is 172 g/mol. The van der Waals surface area contributed by atoms with Crippen LogP contribution in [0.1, 0.15) is 0 Å². The molecule has 0 aliphatic rings. The van der Waals surface area contributed by atoms with Gasteiger partial charge in [-0.3, -0.25) is 0 Å². The Labute approximate surface area is 64.7 Å². The Morgan fingerprint density at radius 1 is 1.00 bits per heavy atom. The third-order valence-corrected chi connectivity index (χ3v) is 0.911. The molecular weight excluding hydrogens is 164 g/mol. The van der Waals surface area contributed by atoms with Gasteiger partial charge in [-0.1, -0.05) is 6.07 Å². The molecule has 9 heavy (non-hydrogen) atoms.